The van der Waals surface area contributed by atoms with Crippen molar-refractivity contribution in [3.05, 3.63) is 47.0 Å². The van der Waals surface area contributed by atoms with Crippen molar-refractivity contribution in [3.8, 4) is 11.5 Å². The van der Waals surface area contributed by atoms with Crippen molar-refractivity contribution in [2.45, 2.75) is 0 Å². The van der Waals surface area contributed by atoms with Gasteiger partial charge in [0.2, 0.25) is 0 Å². The van der Waals surface area contributed by atoms with E-state index in [1.165, 1.54) is 7.11 Å². The van der Waals surface area contributed by atoms with Gasteiger partial charge in [-0.25, -0.2) is 4.79 Å². The van der Waals surface area contributed by atoms with E-state index in [-0.39, 0.29) is 15.8 Å². The molecule has 0 heterocycles. The normalized spacial score (nSPS) is 10.3. The Bertz CT molecular complexity index is 665. The van der Waals surface area contributed by atoms with Gasteiger partial charge in [0.15, 0.2) is 5.75 Å². The Labute approximate surface area is 120 Å². The zero-order valence-electron chi connectivity index (χ0n) is 10.1. The van der Waals surface area contributed by atoms with Crippen LogP contribution in [0.2, 0.25) is 10.0 Å². The third-order valence-corrected chi connectivity index (χ3v) is 3.40. The third-order valence-electron chi connectivity index (χ3n) is 2.58. The van der Waals surface area contributed by atoms with Crippen molar-refractivity contribution >= 4 is 39.9 Å². The molecular formula is C14H10Cl2O3. The summed E-state index contributed by atoms with van der Waals surface area (Å²) in [6.07, 6.45) is 1.06. The van der Waals surface area contributed by atoms with Gasteiger partial charge in [0.05, 0.1) is 7.11 Å². The van der Waals surface area contributed by atoms with Crippen molar-refractivity contribution in [3.63, 3.8) is 0 Å². The number of carbonyl (C=O) groups excluding carboxylic acids is 1. The summed E-state index contributed by atoms with van der Waals surface area (Å²) < 4.78 is 10.4. The Balaban J connectivity index is 2.79. The van der Waals surface area contributed by atoms with Gasteiger partial charge in [-0.15, -0.1) is 0 Å². The van der Waals surface area contributed by atoms with Gasteiger partial charge in [-0.1, -0.05) is 54.0 Å². The van der Waals surface area contributed by atoms with Gasteiger partial charge in [-0.3, -0.25) is 0 Å². The van der Waals surface area contributed by atoms with E-state index in [1.807, 2.05) is 12.1 Å². The quantitative estimate of drug-likeness (QED) is 0.483. The van der Waals surface area contributed by atoms with Gasteiger partial charge in [0, 0.05) is 16.8 Å². The molecule has 0 unspecified atom stereocenters. The molecule has 0 aromatic heterocycles. The fraction of sp³-hybridized carbons (Fsp3) is 0.0714. The molecule has 2 aromatic carbocycles. The number of hydrogen-bond donors (Lipinski definition) is 0. The lowest BCUT2D eigenvalue weighted by atomic mass is 10.1. The number of halogens is 2. The van der Waals surface area contributed by atoms with Crippen molar-refractivity contribution in [1.29, 1.82) is 0 Å². The maximum Gasteiger partial charge on any atom is 0.335 e. The fourth-order valence-corrected chi connectivity index (χ4v) is 2.25. The topological polar surface area (TPSA) is 35.5 Å². The summed E-state index contributed by atoms with van der Waals surface area (Å²) in [5.74, 6) is 0.0434. The van der Waals surface area contributed by atoms with Crippen molar-refractivity contribution in [2.24, 2.45) is 0 Å². The van der Waals surface area contributed by atoms with Crippen LogP contribution < -0.4 is 9.47 Å². The molecule has 0 saturated carbocycles. The Morgan fingerprint density at radius 2 is 1.68 bits per heavy atom. The maximum atomic E-state index is 11.4. The van der Waals surface area contributed by atoms with E-state index >= 15 is 0 Å². The smallest absolute Gasteiger partial charge is 0.335 e. The summed E-state index contributed by atoms with van der Waals surface area (Å²) in [7, 11) is 1.50. The highest BCUT2D eigenvalue weighted by molar-refractivity contribution is 6.45. The van der Waals surface area contributed by atoms with Gasteiger partial charge in [0.25, 0.3) is 0 Å². The van der Waals surface area contributed by atoms with Crippen LogP contribution in [0.1, 0.15) is 0 Å². The first kappa shape index (κ1) is 13.7. The molecule has 0 aliphatic heterocycles. The molecule has 5 heteroatoms. The molecule has 0 aliphatic rings. The number of carbonyl (C=O) groups is 1. The zero-order chi connectivity index (χ0) is 14.0. The van der Waals surface area contributed by atoms with Crippen LogP contribution in [0.3, 0.4) is 0 Å². The molecule has 0 spiro atoms. The first-order valence-corrected chi connectivity index (χ1v) is 6.13. The van der Waals surface area contributed by atoms with Crippen LogP contribution in [0.5, 0.6) is 11.5 Å². The largest absolute Gasteiger partial charge is 0.494 e. The van der Waals surface area contributed by atoms with E-state index in [2.05, 4.69) is 6.58 Å². The molecule has 0 saturated heterocycles. The maximum absolute atomic E-state index is 11.4. The van der Waals surface area contributed by atoms with E-state index in [1.54, 1.807) is 12.1 Å². The van der Waals surface area contributed by atoms with Crippen LogP contribution in [0.15, 0.2) is 36.9 Å². The highest BCUT2D eigenvalue weighted by Gasteiger charge is 2.19. The predicted molar refractivity (Wildman–Crippen MR) is 76.4 cm³/mol. The first-order chi connectivity index (χ1) is 9.10. The highest BCUT2D eigenvalue weighted by atomic mass is 35.5. The Morgan fingerprint density at radius 3 is 2.21 bits per heavy atom. The lowest BCUT2D eigenvalue weighted by Gasteiger charge is -2.14. The fourth-order valence-electron chi connectivity index (χ4n) is 1.76. The minimum atomic E-state index is -0.603. The number of benzene rings is 2. The van der Waals surface area contributed by atoms with Crippen molar-refractivity contribution in [1.82, 2.24) is 0 Å². The van der Waals surface area contributed by atoms with E-state index in [9.17, 15) is 4.79 Å². The Hall–Kier alpha value is -1.71. The van der Waals surface area contributed by atoms with Gasteiger partial charge in [-0.05, 0) is 0 Å². The average molecular weight is 297 g/mol. The molecule has 0 N–H and O–H groups in total. The lowest BCUT2D eigenvalue weighted by molar-refractivity contribution is -0.128. The molecule has 0 aliphatic carbocycles. The molecule has 0 amide bonds. The minimum Gasteiger partial charge on any atom is -0.494 e. The molecule has 0 fully saturated rings. The van der Waals surface area contributed by atoms with Crippen LogP contribution in [0.4, 0.5) is 0 Å². The van der Waals surface area contributed by atoms with Crippen molar-refractivity contribution in [2.75, 3.05) is 7.11 Å². The Kier molecular flexibility index (Phi) is 3.98. The lowest BCUT2D eigenvalue weighted by Crippen LogP contribution is -2.04. The summed E-state index contributed by atoms with van der Waals surface area (Å²) in [5.41, 5.74) is 0. The summed E-state index contributed by atoms with van der Waals surface area (Å²) in [4.78, 5) is 11.4. The molecule has 98 valence electrons. The summed E-state index contributed by atoms with van der Waals surface area (Å²) in [6, 6.07) is 7.21. The van der Waals surface area contributed by atoms with Crippen LogP contribution in [-0.2, 0) is 4.79 Å². The SMILES string of the molecule is C=CC(=O)Oc1c(Cl)c(Cl)c(OC)c2ccccc12. The van der Waals surface area contributed by atoms with Crippen molar-refractivity contribution < 1.29 is 14.3 Å². The number of fused-ring (bicyclic) bond motifs is 1. The summed E-state index contributed by atoms with van der Waals surface area (Å²) >= 11 is 12.3. The zero-order valence-corrected chi connectivity index (χ0v) is 11.6. The average Bonchev–Trinajstić information content (AvgIpc) is 2.44. The highest BCUT2D eigenvalue weighted by Crippen LogP contribution is 2.46. The van der Waals surface area contributed by atoms with Crippen LogP contribution in [0.25, 0.3) is 10.8 Å². The summed E-state index contributed by atoms with van der Waals surface area (Å²) in [5, 5.41) is 1.69. The molecule has 3 nitrogen and oxygen atoms in total. The van der Waals surface area contributed by atoms with E-state index in [0.717, 1.165) is 6.08 Å². The summed E-state index contributed by atoms with van der Waals surface area (Å²) in [6.45, 7) is 3.35. The van der Waals surface area contributed by atoms with E-state index < -0.39 is 5.97 Å². The minimum absolute atomic E-state index is 0.132. The van der Waals surface area contributed by atoms with Crippen LogP contribution >= 0.6 is 23.2 Å². The monoisotopic (exact) mass is 296 g/mol. The third kappa shape index (κ3) is 2.39. The molecular weight excluding hydrogens is 287 g/mol. The molecule has 0 atom stereocenters. The number of rotatable bonds is 3. The predicted octanol–water partition coefficient (Wildman–Crippen LogP) is 4.25. The number of ether oxygens (including phenoxy) is 2. The second kappa shape index (κ2) is 5.51. The van der Waals surface area contributed by atoms with Gasteiger partial charge in [-0.2, -0.15) is 0 Å². The molecule has 2 rings (SSSR count). The first-order valence-electron chi connectivity index (χ1n) is 5.38. The van der Waals surface area contributed by atoms with Gasteiger partial charge in [0.1, 0.15) is 15.8 Å². The number of methoxy groups -OCH3 is 1. The number of esters is 1. The van der Waals surface area contributed by atoms with Gasteiger partial charge >= 0.3 is 5.97 Å². The second-order valence-electron chi connectivity index (χ2n) is 3.66. The molecule has 2 aromatic rings. The van der Waals surface area contributed by atoms with Crippen LogP contribution in [0, 0.1) is 0 Å². The molecule has 0 radical (unpaired) electrons. The van der Waals surface area contributed by atoms with Crippen LogP contribution in [-0.4, -0.2) is 13.1 Å². The van der Waals surface area contributed by atoms with E-state index in [4.69, 9.17) is 32.7 Å². The molecule has 19 heavy (non-hydrogen) atoms. The molecule has 0 bridgehead atoms. The van der Waals surface area contributed by atoms with Gasteiger partial charge < -0.3 is 9.47 Å². The second-order valence-corrected chi connectivity index (χ2v) is 4.42. The standard InChI is InChI=1S/C14H10Cl2O3/c1-3-10(17)19-14-9-7-5-4-6-8(9)13(18-2)11(15)12(14)16/h3-7H,1H2,2H3. The van der Waals surface area contributed by atoms with E-state index in [0.29, 0.717) is 16.5 Å². The number of hydrogen-bond acceptors (Lipinski definition) is 3. The Morgan fingerprint density at radius 1 is 1.16 bits per heavy atom.